The molecule has 208 valence electrons. The maximum Gasteiger partial charge on any atom is 0.258 e. The van der Waals surface area contributed by atoms with Crippen molar-refractivity contribution >= 4 is 28.9 Å². The predicted octanol–water partition coefficient (Wildman–Crippen LogP) is 6.33. The molecule has 0 saturated carbocycles. The topological polar surface area (TPSA) is 83.5 Å². The number of halogens is 2. The molecule has 2 aromatic heterocycles. The number of nitrogens with one attached hydrogen (secondary N) is 1. The molecule has 0 atom stereocenters. The summed E-state index contributed by atoms with van der Waals surface area (Å²) < 4.78 is 20.9. The number of hydrogen-bond donors (Lipinski definition) is 1. The lowest BCUT2D eigenvalue weighted by atomic mass is 10.1. The Morgan fingerprint density at radius 3 is 2.62 bits per heavy atom. The van der Waals surface area contributed by atoms with Crippen molar-refractivity contribution in [1.29, 1.82) is 0 Å². The van der Waals surface area contributed by atoms with E-state index in [2.05, 4.69) is 25.2 Å². The largest absolute Gasteiger partial charge is 0.438 e. The van der Waals surface area contributed by atoms with Gasteiger partial charge < -0.3 is 19.9 Å². The zero-order chi connectivity index (χ0) is 28.6. The molecular formula is C30H32ClFN6O2. The summed E-state index contributed by atoms with van der Waals surface area (Å²) in [7, 11) is 5.98. The number of amides is 1. The van der Waals surface area contributed by atoms with Crippen LogP contribution in [0.2, 0.25) is 5.02 Å². The van der Waals surface area contributed by atoms with E-state index in [4.69, 9.17) is 16.3 Å². The van der Waals surface area contributed by atoms with E-state index in [-0.39, 0.29) is 17.2 Å². The second kappa shape index (κ2) is 13.3. The highest BCUT2D eigenvalue weighted by Crippen LogP contribution is 2.32. The average molecular weight is 563 g/mol. The van der Waals surface area contributed by atoms with Gasteiger partial charge in [0.25, 0.3) is 5.91 Å². The number of rotatable bonds is 11. The summed E-state index contributed by atoms with van der Waals surface area (Å²) in [5.41, 5.74) is 2.39. The Kier molecular flexibility index (Phi) is 9.63. The Morgan fingerprint density at radius 2 is 1.85 bits per heavy atom. The maximum atomic E-state index is 14.9. The standard InChI is InChI=1S/C30H32ClFN6O2/c1-5-28-33-15-13-25(35-28)22-8-6-14-34-30(22)40-21-10-11-24(32)23(19-21)29(39)36-26-18-20(31)9-12-27(26)38(4)17-7-16-37(2)3/h6,8-15,18-19H,5,7,16-17H2,1-4H3,(H,36,39). The number of ether oxygens (including phenoxy) is 1. The summed E-state index contributed by atoms with van der Waals surface area (Å²) in [5, 5.41) is 3.28. The molecule has 4 aromatic rings. The van der Waals surface area contributed by atoms with Crippen molar-refractivity contribution in [2.24, 2.45) is 0 Å². The summed E-state index contributed by atoms with van der Waals surface area (Å²) >= 11 is 6.24. The van der Waals surface area contributed by atoms with Gasteiger partial charge in [0.05, 0.1) is 28.2 Å². The molecule has 0 bridgehead atoms. The van der Waals surface area contributed by atoms with Crippen LogP contribution in [0.25, 0.3) is 11.3 Å². The molecule has 0 aliphatic rings. The molecule has 1 N–H and O–H groups in total. The molecule has 10 heteroatoms. The van der Waals surface area contributed by atoms with Gasteiger partial charge in [-0.3, -0.25) is 4.79 Å². The zero-order valence-corrected chi connectivity index (χ0v) is 23.7. The SMILES string of the molecule is CCc1nccc(-c2cccnc2Oc2ccc(F)c(C(=O)Nc3cc(Cl)ccc3N(C)CCCN(C)C)c2)n1. The van der Waals surface area contributed by atoms with Crippen molar-refractivity contribution in [2.45, 2.75) is 19.8 Å². The normalized spacial score (nSPS) is 11.0. The summed E-state index contributed by atoms with van der Waals surface area (Å²) in [4.78, 5) is 30.6. The van der Waals surface area contributed by atoms with E-state index < -0.39 is 11.7 Å². The molecule has 2 aromatic carbocycles. The van der Waals surface area contributed by atoms with Gasteiger partial charge in [0.2, 0.25) is 5.88 Å². The fraction of sp³-hybridized carbons (Fsp3) is 0.267. The van der Waals surface area contributed by atoms with Crippen molar-refractivity contribution in [1.82, 2.24) is 19.9 Å². The van der Waals surface area contributed by atoms with Gasteiger partial charge in [-0.05, 0) is 81.7 Å². The Hall–Kier alpha value is -4.08. The molecule has 4 rings (SSSR count). The predicted molar refractivity (Wildman–Crippen MR) is 157 cm³/mol. The van der Waals surface area contributed by atoms with E-state index in [0.717, 1.165) is 25.2 Å². The number of anilines is 2. The highest BCUT2D eigenvalue weighted by atomic mass is 35.5. The zero-order valence-electron chi connectivity index (χ0n) is 23.0. The van der Waals surface area contributed by atoms with Crippen LogP contribution in [0, 0.1) is 5.82 Å². The van der Waals surface area contributed by atoms with Crippen LogP contribution in [-0.2, 0) is 6.42 Å². The molecule has 0 unspecified atom stereocenters. The summed E-state index contributed by atoms with van der Waals surface area (Å²) in [6.45, 7) is 3.66. The molecule has 40 heavy (non-hydrogen) atoms. The van der Waals surface area contributed by atoms with E-state index in [1.807, 2.05) is 45.1 Å². The molecule has 8 nitrogen and oxygen atoms in total. The first kappa shape index (κ1) is 28.9. The van der Waals surface area contributed by atoms with Crippen molar-refractivity contribution in [3.63, 3.8) is 0 Å². The first-order valence-corrected chi connectivity index (χ1v) is 13.3. The third kappa shape index (κ3) is 7.31. The van der Waals surface area contributed by atoms with Crippen molar-refractivity contribution in [3.8, 4) is 22.9 Å². The molecule has 0 fully saturated rings. The van der Waals surface area contributed by atoms with Crippen LogP contribution in [0.4, 0.5) is 15.8 Å². The van der Waals surface area contributed by atoms with Gasteiger partial charge >= 0.3 is 0 Å². The minimum atomic E-state index is -0.683. The summed E-state index contributed by atoms with van der Waals surface area (Å²) in [6, 6.07) is 14.6. The number of pyridine rings is 1. The smallest absolute Gasteiger partial charge is 0.258 e. The minimum absolute atomic E-state index is 0.175. The molecule has 0 saturated heterocycles. The average Bonchev–Trinajstić information content (AvgIpc) is 2.94. The molecule has 1 amide bonds. The van der Waals surface area contributed by atoms with Crippen LogP contribution in [0.15, 0.2) is 67.0 Å². The lowest BCUT2D eigenvalue weighted by Gasteiger charge is -2.24. The fourth-order valence-electron chi connectivity index (χ4n) is 4.12. The fourth-order valence-corrected chi connectivity index (χ4v) is 4.29. The number of carbonyl (C=O) groups excluding carboxylic acids is 1. The minimum Gasteiger partial charge on any atom is -0.438 e. The van der Waals surface area contributed by atoms with Crippen molar-refractivity contribution < 1.29 is 13.9 Å². The van der Waals surface area contributed by atoms with Crippen LogP contribution in [0.3, 0.4) is 0 Å². The number of benzene rings is 2. The first-order chi connectivity index (χ1) is 19.2. The second-order valence-corrected chi connectivity index (χ2v) is 9.94. The number of aromatic nitrogens is 3. The van der Waals surface area contributed by atoms with E-state index in [0.29, 0.717) is 34.2 Å². The highest BCUT2D eigenvalue weighted by molar-refractivity contribution is 6.31. The molecule has 0 aliphatic heterocycles. The van der Waals surface area contributed by atoms with Crippen LogP contribution < -0.4 is 15.0 Å². The summed E-state index contributed by atoms with van der Waals surface area (Å²) in [6.07, 6.45) is 4.88. The maximum absolute atomic E-state index is 14.9. The van der Waals surface area contributed by atoms with Crippen molar-refractivity contribution in [3.05, 3.63) is 89.2 Å². The lowest BCUT2D eigenvalue weighted by molar-refractivity contribution is 0.102. The Morgan fingerprint density at radius 1 is 1.02 bits per heavy atom. The summed E-state index contributed by atoms with van der Waals surface area (Å²) in [5.74, 6) is -0.0898. The van der Waals surface area contributed by atoms with E-state index in [9.17, 15) is 9.18 Å². The van der Waals surface area contributed by atoms with Crippen LogP contribution in [0.1, 0.15) is 29.5 Å². The third-order valence-electron chi connectivity index (χ3n) is 6.18. The van der Waals surface area contributed by atoms with E-state index in [1.165, 1.54) is 18.2 Å². The monoisotopic (exact) mass is 562 g/mol. The Bertz CT molecular complexity index is 1480. The van der Waals surface area contributed by atoms with Crippen LogP contribution in [0.5, 0.6) is 11.6 Å². The quantitative estimate of drug-likeness (QED) is 0.229. The van der Waals surface area contributed by atoms with Crippen LogP contribution in [-0.4, -0.2) is 60.0 Å². The van der Waals surface area contributed by atoms with Crippen molar-refractivity contribution in [2.75, 3.05) is 44.4 Å². The Balaban J connectivity index is 1.57. The Labute approximate surface area is 238 Å². The van der Waals surface area contributed by atoms with Gasteiger partial charge in [-0.2, -0.15) is 0 Å². The number of carbonyl (C=O) groups is 1. The highest BCUT2D eigenvalue weighted by Gasteiger charge is 2.18. The van der Waals surface area contributed by atoms with Gasteiger partial charge in [0.15, 0.2) is 0 Å². The van der Waals surface area contributed by atoms with E-state index in [1.54, 1.807) is 36.7 Å². The van der Waals surface area contributed by atoms with Gasteiger partial charge in [0.1, 0.15) is 17.4 Å². The number of hydrogen-bond acceptors (Lipinski definition) is 7. The van der Waals surface area contributed by atoms with E-state index >= 15 is 0 Å². The number of nitrogens with zero attached hydrogens (tertiary/aromatic N) is 5. The first-order valence-electron chi connectivity index (χ1n) is 13.0. The number of aryl methyl sites for hydroxylation is 1. The second-order valence-electron chi connectivity index (χ2n) is 9.51. The molecular weight excluding hydrogens is 531 g/mol. The lowest BCUT2D eigenvalue weighted by Crippen LogP contribution is -2.25. The molecule has 0 radical (unpaired) electrons. The van der Waals surface area contributed by atoms with Crippen LogP contribution >= 0.6 is 11.6 Å². The third-order valence-corrected chi connectivity index (χ3v) is 6.42. The molecule has 2 heterocycles. The van der Waals surface area contributed by atoms with Gasteiger partial charge in [0, 0.05) is 37.4 Å². The van der Waals surface area contributed by atoms with Gasteiger partial charge in [-0.15, -0.1) is 0 Å². The molecule has 0 aliphatic carbocycles. The molecule has 0 spiro atoms. The van der Waals surface area contributed by atoms with Gasteiger partial charge in [-0.25, -0.2) is 19.3 Å². The van der Waals surface area contributed by atoms with Gasteiger partial charge in [-0.1, -0.05) is 18.5 Å².